The Kier molecular flexibility index (Phi) is 12.3. The van der Waals surface area contributed by atoms with E-state index in [0.717, 1.165) is 0 Å². The second-order valence-electron chi connectivity index (χ2n) is 11.0. The Balaban J connectivity index is 1.75. The minimum absolute atomic E-state index is 0.0115. The van der Waals surface area contributed by atoms with Crippen molar-refractivity contribution in [2.24, 2.45) is 17.8 Å². The number of nitrogens with zero attached hydrogens (tertiary/aromatic N) is 4. The maximum Gasteiger partial charge on any atom is 0.308 e. The van der Waals surface area contributed by atoms with Crippen LogP contribution < -0.4 is 5.32 Å². The van der Waals surface area contributed by atoms with Crippen molar-refractivity contribution in [1.29, 1.82) is 0 Å². The van der Waals surface area contributed by atoms with Crippen LogP contribution >= 0.6 is 11.3 Å². The SMILES string of the molecule is COC(=O)[C@@H](C)C[C@H](Cc1ncccn1)NC(=O)c1csc([C@@H](CC(C(C)C)N(C)C(=O)CC2COC2)OC(C)=O)n1. The molecule has 2 aromatic rings. The summed E-state index contributed by atoms with van der Waals surface area (Å²) in [4.78, 5) is 65.1. The highest BCUT2D eigenvalue weighted by Crippen LogP contribution is 2.31. The van der Waals surface area contributed by atoms with Gasteiger partial charge in [-0.2, -0.15) is 0 Å². The number of carbonyl (C=O) groups is 4. The largest absolute Gasteiger partial charge is 0.469 e. The fraction of sp³-hybridized carbons (Fsp3) is 0.621. The zero-order valence-electron chi connectivity index (χ0n) is 25.1. The molecule has 1 saturated heterocycles. The number of esters is 2. The zero-order valence-corrected chi connectivity index (χ0v) is 25.9. The summed E-state index contributed by atoms with van der Waals surface area (Å²) in [7, 11) is 3.09. The topological polar surface area (TPSA) is 150 Å². The van der Waals surface area contributed by atoms with Crippen molar-refractivity contribution in [3.63, 3.8) is 0 Å². The van der Waals surface area contributed by atoms with E-state index in [1.165, 1.54) is 25.4 Å². The molecule has 42 heavy (non-hydrogen) atoms. The normalized spacial score (nSPS) is 16.1. The summed E-state index contributed by atoms with van der Waals surface area (Å²) in [6.45, 7) is 8.26. The first-order chi connectivity index (χ1) is 20.0. The van der Waals surface area contributed by atoms with Crippen LogP contribution in [0.25, 0.3) is 0 Å². The maximum absolute atomic E-state index is 13.3. The van der Waals surface area contributed by atoms with E-state index in [1.807, 2.05) is 13.8 Å². The van der Waals surface area contributed by atoms with E-state index in [2.05, 4.69) is 20.3 Å². The van der Waals surface area contributed by atoms with Gasteiger partial charge in [-0.3, -0.25) is 19.2 Å². The van der Waals surface area contributed by atoms with Crippen molar-refractivity contribution in [3.05, 3.63) is 40.4 Å². The van der Waals surface area contributed by atoms with Crippen LogP contribution in [0.5, 0.6) is 0 Å². The molecule has 1 fully saturated rings. The third-order valence-corrected chi connectivity index (χ3v) is 8.19. The van der Waals surface area contributed by atoms with Gasteiger partial charge in [-0.1, -0.05) is 20.8 Å². The first kappa shape index (κ1) is 33.1. The number of amides is 2. The quantitative estimate of drug-likeness (QED) is 0.301. The van der Waals surface area contributed by atoms with Gasteiger partial charge in [0.1, 0.15) is 16.5 Å². The van der Waals surface area contributed by atoms with E-state index in [9.17, 15) is 19.2 Å². The second kappa shape index (κ2) is 15.7. The number of nitrogens with one attached hydrogen (secondary N) is 1. The third kappa shape index (κ3) is 9.55. The highest BCUT2D eigenvalue weighted by Gasteiger charge is 2.33. The van der Waals surface area contributed by atoms with E-state index < -0.39 is 29.9 Å². The number of thiazole rings is 1. The van der Waals surface area contributed by atoms with Gasteiger partial charge in [0, 0.05) is 69.0 Å². The van der Waals surface area contributed by atoms with E-state index in [-0.39, 0.29) is 35.4 Å². The molecule has 0 saturated carbocycles. The zero-order chi connectivity index (χ0) is 30.8. The smallest absolute Gasteiger partial charge is 0.308 e. The molecule has 0 aliphatic carbocycles. The molecule has 4 atom stereocenters. The van der Waals surface area contributed by atoms with Gasteiger partial charge in [-0.05, 0) is 18.4 Å². The molecule has 3 heterocycles. The first-order valence-corrected chi connectivity index (χ1v) is 15.0. The number of hydrogen-bond donors (Lipinski definition) is 1. The molecule has 230 valence electrons. The van der Waals surface area contributed by atoms with Gasteiger partial charge in [-0.15, -0.1) is 11.3 Å². The van der Waals surface area contributed by atoms with Gasteiger partial charge in [0.15, 0.2) is 6.10 Å². The second-order valence-corrected chi connectivity index (χ2v) is 11.9. The lowest BCUT2D eigenvalue weighted by atomic mass is 9.95. The van der Waals surface area contributed by atoms with Crippen LogP contribution in [0.4, 0.5) is 0 Å². The molecule has 1 unspecified atom stereocenters. The average Bonchev–Trinajstić information content (AvgIpc) is 3.42. The fourth-order valence-electron chi connectivity index (χ4n) is 4.85. The number of hydrogen-bond acceptors (Lipinski definition) is 11. The Morgan fingerprint density at radius 3 is 2.40 bits per heavy atom. The molecule has 12 nitrogen and oxygen atoms in total. The van der Waals surface area contributed by atoms with E-state index in [1.54, 1.807) is 42.7 Å². The van der Waals surface area contributed by atoms with Gasteiger partial charge in [0.05, 0.1) is 26.2 Å². The molecule has 0 spiro atoms. The molecule has 1 N–H and O–H groups in total. The van der Waals surface area contributed by atoms with E-state index >= 15 is 0 Å². The summed E-state index contributed by atoms with van der Waals surface area (Å²) in [6.07, 6.45) is 3.85. The summed E-state index contributed by atoms with van der Waals surface area (Å²) in [5.74, 6) is -0.925. The Hall–Kier alpha value is -3.45. The lowest BCUT2D eigenvalue weighted by molar-refractivity contribution is -0.149. The monoisotopic (exact) mass is 603 g/mol. The van der Waals surface area contributed by atoms with Crippen LogP contribution in [0.2, 0.25) is 0 Å². The van der Waals surface area contributed by atoms with Crippen molar-refractivity contribution in [2.75, 3.05) is 27.4 Å². The summed E-state index contributed by atoms with van der Waals surface area (Å²) in [6, 6.07) is 1.01. The van der Waals surface area contributed by atoms with Crippen LogP contribution in [0.1, 0.15) is 74.4 Å². The van der Waals surface area contributed by atoms with Crippen molar-refractivity contribution < 1.29 is 33.4 Å². The van der Waals surface area contributed by atoms with Crippen LogP contribution in [0, 0.1) is 17.8 Å². The molecule has 2 amide bonds. The summed E-state index contributed by atoms with van der Waals surface area (Å²) in [5.41, 5.74) is 0.160. The van der Waals surface area contributed by atoms with Crippen molar-refractivity contribution in [2.45, 2.75) is 71.6 Å². The number of ether oxygens (including phenoxy) is 3. The van der Waals surface area contributed by atoms with Crippen LogP contribution in [0.15, 0.2) is 23.8 Å². The van der Waals surface area contributed by atoms with Gasteiger partial charge >= 0.3 is 11.9 Å². The number of aromatic nitrogens is 3. The van der Waals surface area contributed by atoms with Crippen LogP contribution in [0.3, 0.4) is 0 Å². The third-order valence-electron chi connectivity index (χ3n) is 7.25. The minimum Gasteiger partial charge on any atom is -0.469 e. The highest BCUT2D eigenvalue weighted by molar-refractivity contribution is 7.09. The fourth-order valence-corrected chi connectivity index (χ4v) is 5.69. The van der Waals surface area contributed by atoms with Gasteiger partial charge < -0.3 is 24.4 Å². The Labute approximate surface area is 250 Å². The molecular weight excluding hydrogens is 562 g/mol. The molecule has 1 aliphatic heterocycles. The standard InChI is InChI=1S/C29H41N5O7S/c1-17(2)23(34(5)26(36)11-20-14-40-15-20)13-24(41-19(4)35)28-33-22(16-42-28)27(37)32-21(10-18(3)29(38)39-6)12-25-30-8-7-9-31-25/h7-9,16-18,20-21,23-24H,10-15H2,1-6H3,(H,32,37)/t18-,21+,23?,24+/m0/s1. The average molecular weight is 604 g/mol. The number of carbonyl (C=O) groups excluding carboxylic acids is 4. The predicted molar refractivity (Wildman–Crippen MR) is 154 cm³/mol. The summed E-state index contributed by atoms with van der Waals surface area (Å²) >= 11 is 1.21. The number of rotatable bonds is 15. The number of methoxy groups -OCH3 is 1. The predicted octanol–water partition coefficient (Wildman–Crippen LogP) is 2.99. The maximum atomic E-state index is 13.3. The summed E-state index contributed by atoms with van der Waals surface area (Å²) < 4.78 is 15.7. The van der Waals surface area contributed by atoms with Crippen LogP contribution in [-0.4, -0.2) is 83.1 Å². The molecule has 13 heteroatoms. The Morgan fingerprint density at radius 2 is 1.83 bits per heavy atom. The summed E-state index contributed by atoms with van der Waals surface area (Å²) in [5, 5.41) is 5.02. The van der Waals surface area contributed by atoms with Gasteiger partial charge in [-0.25, -0.2) is 15.0 Å². The molecule has 0 radical (unpaired) electrons. The van der Waals surface area contributed by atoms with E-state index in [0.29, 0.717) is 49.7 Å². The molecule has 1 aliphatic rings. The molecule has 0 aromatic carbocycles. The molecular formula is C29H41N5O7S. The van der Waals surface area contributed by atoms with Crippen molar-refractivity contribution in [1.82, 2.24) is 25.2 Å². The highest BCUT2D eigenvalue weighted by atomic mass is 32.1. The van der Waals surface area contributed by atoms with E-state index in [4.69, 9.17) is 14.2 Å². The molecule has 3 rings (SSSR count). The van der Waals surface area contributed by atoms with Crippen LogP contribution in [-0.2, 0) is 35.0 Å². The minimum atomic E-state index is -0.739. The first-order valence-electron chi connectivity index (χ1n) is 14.1. The van der Waals surface area contributed by atoms with Crippen molar-refractivity contribution >= 4 is 35.1 Å². The molecule has 0 bridgehead atoms. The Morgan fingerprint density at radius 1 is 1.14 bits per heavy atom. The Bertz CT molecular complexity index is 1200. The molecule has 2 aromatic heterocycles. The van der Waals surface area contributed by atoms with Gasteiger partial charge in [0.25, 0.3) is 5.91 Å². The lowest BCUT2D eigenvalue weighted by Crippen LogP contribution is -2.44. The van der Waals surface area contributed by atoms with Crippen molar-refractivity contribution in [3.8, 4) is 0 Å². The van der Waals surface area contributed by atoms with Gasteiger partial charge in [0.2, 0.25) is 5.91 Å². The lowest BCUT2D eigenvalue weighted by Gasteiger charge is -2.35.